The molecule has 8 rings (SSSR count). The molecule has 44 heavy (non-hydrogen) atoms. The van der Waals surface area contributed by atoms with Gasteiger partial charge in [-0.25, -0.2) is 0 Å². The SMILES string of the molecule is C.C.CC.CC.CC.c1cc2c(cn1)OCC2.c1ccc2c(c1)CCO2.c1ccc2c(c1)CCO2.c1ccc2c(c1)CCS2. The lowest BCUT2D eigenvalue weighted by atomic mass is 10.2. The number of nitrogens with zero attached hydrogens (tertiary/aromatic N) is 1. The van der Waals surface area contributed by atoms with Crippen LogP contribution in [0.25, 0.3) is 0 Å². The van der Waals surface area contributed by atoms with E-state index in [-0.39, 0.29) is 14.9 Å². The van der Waals surface area contributed by atoms with Crippen molar-refractivity contribution in [2.24, 2.45) is 0 Å². The van der Waals surface area contributed by atoms with Gasteiger partial charge in [-0.2, -0.15) is 0 Å². The molecule has 242 valence electrons. The third-order valence-electron chi connectivity index (χ3n) is 6.30. The number of ether oxygens (including phenoxy) is 3. The summed E-state index contributed by atoms with van der Waals surface area (Å²) in [5, 5.41) is 0. The maximum absolute atomic E-state index is 5.30. The molecule has 4 aliphatic heterocycles. The summed E-state index contributed by atoms with van der Waals surface area (Å²) < 4.78 is 15.8. The molecule has 0 saturated heterocycles. The first-order valence-corrected chi connectivity index (χ1v) is 16.5. The molecule has 0 fully saturated rings. The molecule has 4 aromatic rings. The Balaban J connectivity index is 0.000000522. The maximum Gasteiger partial charge on any atom is 0.140 e. The highest BCUT2D eigenvalue weighted by Gasteiger charge is 2.10. The van der Waals surface area contributed by atoms with E-state index in [2.05, 4.69) is 41.4 Å². The Bertz CT molecular complexity index is 987. The van der Waals surface area contributed by atoms with E-state index >= 15 is 0 Å². The molecule has 0 amide bonds. The number of pyridine rings is 1. The Hall–Kier alpha value is -3.44. The smallest absolute Gasteiger partial charge is 0.140 e. The van der Waals surface area contributed by atoms with Gasteiger partial charge in [-0.15, -0.1) is 11.8 Å². The first-order chi connectivity index (χ1) is 20.9. The van der Waals surface area contributed by atoms with Crippen LogP contribution < -0.4 is 14.2 Å². The monoisotopic (exact) mass is 619 g/mol. The van der Waals surface area contributed by atoms with Crippen molar-refractivity contribution in [3.8, 4) is 17.2 Å². The molecule has 0 aliphatic carbocycles. The maximum atomic E-state index is 5.30. The molecule has 4 aliphatic rings. The van der Waals surface area contributed by atoms with Gasteiger partial charge in [0, 0.05) is 41.7 Å². The van der Waals surface area contributed by atoms with Crippen molar-refractivity contribution < 1.29 is 14.2 Å². The van der Waals surface area contributed by atoms with Crippen molar-refractivity contribution in [1.82, 2.24) is 4.98 Å². The molecule has 4 nitrogen and oxygen atoms in total. The van der Waals surface area contributed by atoms with Gasteiger partial charge in [-0.05, 0) is 47.4 Å². The molecule has 5 heterocycles. The van der Waals surface area contributed by atoms with E-state index in [4.69, 9.17) is 14.2 Å². The summed E-state index contributed by atoms with van der Waals surface area (Å²) in [5.74, 6) is 4.37. The van der Waals surface area contributed by atoms with E-state index in [0.29, 0.717) is 0 Å². The largest absolute Gasteiger partial charge is 0.493 e. The Morgan fingerprint density at radius 3 is 1.41 bits per heavy atom. The molecular formula is C39H57NO3S. The standard InChI is InChI=1S/2C8H8O.C8H8S.C7H7NO.3C2H6.2CH4/c3*1-2-4-8-7(3-1)5-6-9-8;1-3-8-5-7-6(1)2-4-9-7;3*1-2;;/h3*1-4H,5-6H2;1,3,5H,2,4H2;3*1-2H3;2*1H4. The van der Waals surface area contributed by atoms with Gasteiger partial charge < -0.3 is 14.2 Å². The molecule has 3 aromatic carbocycles. The van der Waals surface area contributed by atoms with Crippen molar-refractivity contribution in [2.45, 2.75) is 87.0 Å². The minimum Gasteiger partial charge on any atom is -0.493 e. The minimum atomic E-state index is 0. The van der Waals surface area contributed by atoms with Crippen LogP contribution in [0.5, 0.6) is 17.2 Å². The normalized spacial score (nSPS) is 12.6. The molecular weight excluding hydrogens is 563 g/mol. The van der Waals surface area contributed by atoms with Crippen LogP contribution in [0.3, 0.4) is 0 Å². The lowest BCUT2D eigenvalue weighted by Gasteiger charge is -1.93. The topological polar surface area (TPSA) is 40.6 Å². The van der Waals surface area contributed by atoms with Gasteiger partial charge in [0.15, 0.2) is 0 Å². The summed E-state index contributed by atoms with van der Waals surface area (Å²) in [7, 11) is 0. The molecule has 0 bridgehead atoms. The van der Waals surface area contributed by atoms with E-state index in [1.165, 1.54) is 39.3 Å². The summed E-state index contributed by atoms with van der Waals surface area (Å²) >= 11 is 1.97. The Kier molecular flexibility index (Phi) is 23.0. The summed E-state index contributed by atoms with van der Waals surface area (Å²) in [4.78, 5) is 5.42. The lowest BCUT2D eigenvalue weighted by Crippen LogP contribution is -1.85. The molecule has 0 N–H and O–H groups in total. The van der Waals surface area contributed by atoms with Crippen molar-refractivity contribution in [1.29, 1.82) is 0 Å². The van der Waals surface area contributed by atoms with Crippen LogP contribution in [0.1, 0.15) is 78.6 Å². The predicted molar refractivity (Wildman–Crippen MR) is 193 cm³/mol. The number of aromatic nitrogens is 1. The van der Waals surface area contributed by atoms with Crippen LogP contribution in [0.2, 0.25) is 0 Å². The summed E-state index contributed by atoms with van der Waals surface area (Å²) in [6, 6.07) is 27.0. The summed E-state index contributed by atoms with van der Waals surface area (Å²) in [6.07, 6.45) is 8.03. The van der Waals surface area contributed by atoms with E-state index in [0.717, 1.165) is 56.3 Å². The summed E-state index contributed by atoms with van der Waals surface area (Å²) in [5.41, 5.74) is 5.50. The molecule has 0 saturated carbocycles. The number of hydrogen-bond donors (Lipinski definition) is 0. The van der Waals surface area contributed by atoms with Gasteiger partial charge in [-0.1, -0.05) is 111 Å². The highest BCUT2D eigenvalue weighted by molar-refractivity contribution is 7.99. The fraction of sp³-hybridized carbons (Fsp3) is 0.410. The van der Waals surface area contributed by atoms with Crippen LogP contribution >= 0.6 is 11.8 Å². The third-order valence-corrected chi connectivity index (χ3v) is 7.42. The van der Waals surface area contributed by atoms with Gasteiger partial charge in [0.25, 0.3) is 0 Å². The van der Waals surface area contributed by atoms with E-state index < -0.39 is 0 Å². The van der Waals surface area contributed by atoms with Crippen molar-refractivity contribution in [3.05, 3.63) is 114 Å². The van der Waals surface area contributed by atoms with Gasteiger partial charge in [-0.3, -0.25) is 4.98 Å². The Morgan fingerprint density at radius 2 is 0.932 bits per heavy atom. The predicted octanol–water partition coefficient (Wildman–Crippen LogP) is 10.9. The van der Waals surface area contributed by atoms with Crippen LogP contribution in [0, 0.1) is 0 Å². The zero-order valence-corrected chi connectivity index (χ0v) is 27.2. The first kappa shape index (κ1) is 40.6. The number of para-hydroxylation sites is 2. The average Bonchev–Trinajstić information content (AvgIpc) is 3.91. The lowest BCUT2D eigenvalue weighted by molar-refractivity contribution is 0.355. The molecule has 0 atom stereocenters. The molecule has 5 heteroatoms. The Labute approximate surface area is 273 Å². The fourth-order valence-electron chi connectivity index (χ4n) is 4.38. The van der Waals surface area contributed by atoms with Crippen LogP contribution in [-0.2, 0) is 25.7 Å². The van der Waals surface area contributed by atoms with E-state index in [1.54, 1.807) is 12.4 Å². The minimum absolute atomic E-state index is 0. The van der Waals surface area contributed by atoms with Crippen molar-refractivity contribution >= 4 is 11.8 Å². The number of benzene rings is 3. The molecule has 0 unspecified atom stereocenters. The highest BCUT2D eigenvalue weighted by Crippen LogP contribution is 2.30. The molecule has 0 radical (unpaired) electrons. The van der Waals surface area contributed by atoms with Gasteiger partial charge in [0.1, 0.15) is 17.2 Å². The van der Waals surface area contributed by atoms with Crippen LogP contribution in [-0.4, -0.2) is 30.6 Å². The van der Waals surface area contributed by atoms with E-state index in [1.807, 2.05) is 95.8 Å². The fourth-order valence-corrected chi connectivity index (χ4v) is 5.45. The summed E-state index contributed by atoms with van der Waals surface area (Å²) in [6.45, 7) is 14.5. The first-order valence-electron chi connectivity index (χ1n) is 15.5. The second kappa shape index (κ2) is 24.9. The number of thioether (sulfide) groups is 1. The van der Waals surface area contributed by atoms with Crippen LogP contribution in [0.4, 0.5) is 0 Å². The number of fused-ring (bicyclic) bond motifs is 4. The zero-order valence-electron chi connectivity index (χ0n) is 26.4. The quantitative estimate of drug-likeness (QED) is 0.196. The van der Waals surface area contributed by atoms with Crippen LogP contribution in [0.15, 0.2) is 96.2 Å². The van der Waals surface area contributed by atoms with Gasteiger partial charge >= 0.3 is 0 Å². The number of aryl methyl sites for hydroxylation is 1. The van der Waals surface area contributed by atoms with Gasteiger partial charge in [0.2, 0.25) is 0 Å². The van der Waals surface area contributed by atoms with Crippen molar-refractivity contribution in [2.75, 3.05) is 25.6 Å². The van der Waals surface area contributed by atoms with E-state index in [9.17, 15) is 0 Å². The highest BCUT2D eigenvalue weighted by atomic mass is 32.2. The molecule has 0 spiro atoms. The third kappa shape index (κ3) is 13.1. The zero-order chi connectivity index (χ0) is 30.4. The Morgan fingerprint density at radius 1 is 0.500 bits per heavy atom. The second-order valence-corrected chi connectivity index (χ2v) is 9.84. The molecule has 1 aromatic heterocycles. The van der Waals surface area contributed by atoms with Gasteiger partial charge in [0.05, 0.1) is 26.0 Å². The number of hydrogen-bond acceptors (Lipinski definition) is 5. The van der Waals surface area contributed by atoms with Crippen molar-refractivity contribution in [3.63, 3.8) is 0 Å². The average molecular weight is 620 g/mol. The number of rotatable bonds is 0. The second-order valence-electron chi connectivity index (χ2n) is 8.70.